The number of anilines is 1. The summed E-state index contributed by atoms with van der Waals surface area (Å²) in [5, 5.41) is 4.49. The molecule has 0 amide bonds. The van der Waals surface area contributed by atoms with Crippen LogP contribution in [0.4, 0.5) is 5.69 Å². The first-order valence-corrected chi connectivity index (χ1v) is 6.15. The Morgan fingerprint density at radius 1 is 1.39 bits per heavy atom. The molecule has 0 saturated heterocycles. The summed E-state index contributed by atoms with van der Waals surface area (Å²) in [7, 11) is 0. The Kier molecular flexibility index (Phi) is 3.50. The third kappa shape index (κ3) is 2.45. The molecule has 2 rings (SSSR count). The van der Waals surface area contributed by atoms with Crippen LogP contribution in [-0.2, 0) is 19.5 Å². The number of nitrogens with two attached hydrogens (primary N) is 1. The van der Waals surface area contributed by atoms with Gasteiger partial charge in [0.2, 0.25) is 5.43 Å². The largest absolute Gasteiger partial charge is 0.394 e. The van der Waals surface area contributed by atoms with Crippen molar-refractivity contribution in [3.63, 3.8) is 0 Å². The second-order valence-electron chi connectivity index (χ2n) is 4.23. The summed E-state index contributed by atoms with van der Waals surface area (Å²) in [6, 6.07) is 3.58. The van der Waals surface area contributed by atoms with Crippen molar-refractivity contribution in [1.82, 2.24) is 14.3 Å². The highest BCUT2D eigenvalue weighted by atomic mass is 16.1. The van der Waals surface area contributed by atoms with Gasteiger partial charge in [-0.3, -0.25) is 9.48 Å². The van der Waals surface area contributed by atoms with E-state index in [1.54, 1.807) is 12.4 Å². The number of pyridine rings is 1. The minimum atomic E-state index is -0.135. The Morgan fingerprint density at radius 3 is 2.78 bits per heavy atom. The van der Waals surface area contributed by atoms with Gasteiger partial charge in [0.25, 0.3) is 0 Å². The second-order valence-corrected chi connectivity index (χ2v) is 4.23. The molecule has 96 valence electrons. The minimum Gasteiger partial charge on any atom is -0.394 e. The average molecular weight is 246 g/mol. The van der Waals surface area contributed by atoms with Gasteiger partial charge in [0, 0.05) is 25.0 Å². The molecule has 0 spiro atoms. The van der Waals surface area contributed by atoms with Crippen molar-refractivity contribution in [2.75, 3.05) is 5.73 Å². The number of rotatable bonds is 4. The third-order valence-corrected chi connectivity index (χ3v) is 2.93. The lowest BCUT2D eigenvalue weighted by Gasteiger charge is -2.08. The zero-order valence-corrected chi connectivity index (χ0v) is 10.8. The van der Waals surface area contributed by atoms with Gasteiger partial charge in [-0.1, -0.05) is 6.92 Å². The van der Waals surface area contributed by atoms with Crippen LogP contribution >= 0.6 is 0 Å². The van der Waals surface area contributed by atoms with E-state index in [4.69, 9.17) is 5.73 Å². The van der Waals surface area contributed by atoms with Gasteiger partial charge in [0.05, 0.1) is 23.6 Å². The van der Waals surface area contributed by atoms with Crippen molar-refractivity contribution < 1.29 is 0 Å². The molecular formula is C13H18N4O. The van der Waals surface area contributed by atoms with Crippen molar-refractivity contribution >= 4 is 5.69 Å². The maximum absolute atomic E-state index is 11.2. The molecule has 0 aliphatic rings. The number of hydrogen-bond acceptors (Lipinski definition) is 3. The Balaban J connectivity index is 2.30. The molecule has 18 heavy (non-hydrogen) atoms. The SMILES string of the molecule is CCc1cc(Cn2ccc(=O)c(N)c2)n(CC)n1. The fraction of sp³-hybridized carbons (Fsp3) is 0.385. The quantitative estimate of drug-likeness (QED) is 0.883. The van der Waals surface area contributed by atoms with Crippen LogP contribution in [0, 0.1) is 0 Å². The summed E-state index contributed by atoms with van der Waals surface area (Å²) in [5.41, 5.74) is 7.97. The highest BCUT2D eigenvalue weighted by molar-refractivity contribution is 5.33. The molecule has 2 aromatic rings. The van der Waals surface area contributed by atoms with E-state index >= 15 is 0 Å². The normalized spacial score (nSPS) is 10.8. The number of nitrogen functional groups attached to an aromatic ring is 1. The fourth-order valence-electron chi connectivity index (χ4n) is 1.92. The average Bonchev–Trinajstić information content (AvgIpc) is 2.76. The molecule has 0 atom stereocenters. The molecule has 5 nitrogen and oxygen atoms in total. The molecule has 5 heteroatoms. The van der Waals surface area contributed by atoms with E-state index < -0.39 is 0 Å². The lowest BCUT2D eigenvalue weighted by molar-refractivity contribution is 0.594. The van der Waals surface area contributed by atoms with Gasteiger partial charge in [-0.2, -0.15) is 5.10 Å². The van der Waals surface area contributed by atoms with E-state index in [-0.39, 0.29) is 11.1 Å². The summed E-state index contributed by atoms with van der Waals surface area (Å²) in [4.78, 5) is 11.2. The third-order valence-electron chi connectivity index (χ3n) is 2.93. The molecule has 2 heterocycles. The van der Waals surface area contributed by atoms with Crippen molar-refractivity contribution in [2.24, 2.45) is 0 Å². The maximum atomic E-state index is 11.2. The number of aromatic nitrogens is 3. The van der Waals surface area contributed by atoms with Crippen molar-refractivity contribution in [3.8, 4) is 0 Å². The lowest BCUT2D eigenvalue weighted by atomic mass is 10.3. The smallest absolute Gasteiger partial charge is 0.204 e. The Morgan fingerprint density at radius 2 is 2.17 bits per heavy atom. The van der Waals surface area contributed by atoms with Gasteiger partial charge >= 0.3 is 0 Å². The van der Waals surface area contributed by atoms with E-state index in [9.17, 15) is 4.79 Å². The van der Waals surface area contributed by atoms with Crippen LogP contribution in [0.15, 0.2) is 29.3 Å². The first-order chi connectivity index (χ1) is 8.63. The molecule has 0 aliphatic heterocycles. The molecule has 2 aromatic heterocycles. The summed E-state index contributed by atoms with van der Waals surface area (Å²) in [5.74, 6) is 0. The van der Waals surface area contributed by atoms with E-state index in [0.29, 0.717) is 6.54 Å². The Hall–Kier alpha value is -2.04. The zero-order valence-electron chi connectivity index (χ0n) is 10.8. The number of aryl methyl sites for hydroxylation is 2. The van der Waals surface area contributed by atoms with Crippen LogP contribution in [0.2, 0.25) is 0 Å². The monoisotopic (exact) mass is 246 g/mol. The van der Waals surface area contributed by atoms with Crippen LogP contribution in [0.5, 0.6) is 0 Å². The van der Waals surface area contributed by atoms with E-state index in [1.807, 2.05) is 9.25 Å². The van der Waals surface area contributed by atoms with Gasteiger partial charge < -0.3 is 10.3 Å². The molecule has 0 aliphatic carbocycles. The predicted molar refractivity (Wildman–Crippen MR) is 71.5 cm³/mol. The van der Waals surface area contributed by atoms with Gasteiger partial charge in [-0.25, -0.2) is 0 Å². The van der Waals surface area contributed by atoms with Gasteiger partial charge in [-0.15, -0.1) is 0 Å². The molecule has 0 saturated carbocycles. The Labute approximate surface area is 106 Å². The van der Waals surface area contributed by atoms with E-state index in [1.165, 1.54) is 6.07 Å². The molecule has 2 N–H and O–H groups in total. The maximum Gasteiger partial charge on any atom is 0.204 e. The zero-order chi connectivity index (χ0) is 13.1. The van der Waals surface area contributed by atoms with Gasteiger partial charge in [0.1, 0.15) is 0 Å². The molecule has 0 radical (unpaired) electrons. The summed E-state index contributed by atoms with van der Waals surface area (Å²) in [6.07, 6.45) is 4.34. The van der Waals surface area contributed by atoms with E-state index in [0.717, 1.165) is 24.4 Å². The summed E-state index contributed by atoms with van der Waals surface area (Å²) in [6.45, 7) is 5.66. The molecule has 0 bridgehead atoms. The first kappa shape index (κ1) is 12.4. The highest BCUT2D eigenvalue weighted by Crippen LogP contribution is 2.08. The summed E-state index contributed by atoms with van der Waals surface area (Å²) < 4.78 is 3.88. The highest BCUT2D eigenvalue weighted by Gasteiger charge is 2.06. The topological polar surface area (TPSA) is 65.8 Å². The molecule has 0 fully saturated rings. The molecule has 0 aromatic carbocycles. The van der Waals surface area contributed by atoms with Crippen LogP contribution in [0.3, 0.4) is 0 Å². The predicted octanol–water partition coefficient (Wildman–Crippen LogP) is 1.26. The lowest BCUT2D eigenvalue weighted by Crippen LogP contribution is -2.13. The van der Waals surface area contributed by atoms with Gasteiger partial charge in [-0.05, 0) is 19.4 Å². The second kappa shape index (κ2) is 5.08. The molecule has 0 unspecified atom stereocenters. The fourth-order valence-corrected chi connectivity index (χ4v) is 1.92. The van der Waals surface area contributed by atoms with Crippen molar-refractivity contribution in [3.05, 3.63) is 46.1 Å². The van der Waals surface area contributed by atoms with Crippen LogP contribution in [0.25, 0.3) is 0 Å². The first-order valence-electron chi connectivity index (χ1n) is 6.15. The van der Waals surface area contributed by atoms with Crippen molar-refractivity contribution in [2.45, 2.75) is 33.4 Å². The summed E-state index contributed by atoms with van der Waals surface area (Å²) >= 11 is 0. The number of nitrogens with zero attached hydrogens (tertiary/aromatic N) is 3. The van der Waals surface area contributed by atoms with Crippen molar-refractivity contribution in [1.29, 1.82) is 0 Å². The van der Waals surface area contributed by atoms with Crippen LogP contribution < -0.4 is 11.2 Å². The number of hydrogen-bond donors (Lipinski definition) is 1. The molecular weight excluding hydrogens is 228 g/mol. The van der Waals surface area contributed by atoms with Crippen LogP contribution in [0.1, 0.15) is 25.2 Å². The minimum absolute atomic E-state index is 0.135. The Bertz CT molecular complexity index is 597. The van der Waals surface area contributed by atoms with Gasteiger partial charge in [0.15, 0.2) is 0 Å². The van der Waals surface area contributed by atoms with E-state index in [2.05, 4.69) is 25.0 Å². The standard InChI is InChI=1S/C13H18N4O/c1-3-10-7-11(17(4-2)15-10)8-16-6-5-13(18)12(14)9-16/h5-7,9H,3-4,8,14H2,1-2H3. The van der Waals surface area contributed by atoms with Crippen LogP contribution in [-0.4, -0.2) is 14.3 Å².